The van der Waals surface area contributed by atoms with E-state index in [4.69, 9.17) is 17.0 Å². The number of nitrogens with one attached hydrogen (secondary N) is 2. The Morgan fingerprint density at radius 1 is 1.69 bits per heavy atom. The average molecular weight is 199 g/mol. The van der Waals surface area contributed by atoms with Crippen LogP contribution in [0.15, 0.2) is 6.07 Å². The van der Waals surface area contributed by atoms with Gasteiger partial charge in [0.1, 0.15) is 16.3 Å². The number of aryl methyl sites for hydroxylation is 1. The standard InChI is InChI=1S/C8H13N3OS/c1-6-10-7(5-8(13)11-6)9-3-4-12-2/h5H,3-4H2,1-2H3,(H2,9,10,11,13). The molecule has 0 atom stereocenters. The van der Waals surface area contributed by atoms with E-state index in [1.54, 1.807) is 13.2 Å². The minimum absolute atomic E-state index is 0.594. The largest absolute Gasteiger partial charge is 0.383 e. The average Bonchev–Trinajstić information content (AvgIpc) is 2.03. The van der Waals surface area contributed by atoms with Crippen molar-refractivity contribution in [3.8, 4) is 0 Å². The molecule has 0 saturated carbocycles. The number of anilines is 1. The molecular formula is C8H13N3OS. The maximum absolute atomic E-state index is 4.96. The summed E-state index contributed by atoms with van der Waals surface area (Å²) in [6.45, 7) is 3.30. The summed E-state index contributed by atoms with van der Waals surface area (Å²) < 4.78 is 5.50. The van der Waals surface area contributed by atoms with Gasteiger partial charge < -0.3 is 15.0 Å². The fourth-order valence-electron chi connectivity index (χ4n) is 0.963. The van der Waals surface area contributed by atoms with Crippen molar-refractivity contribution in [3.63, 3.8) is 0 Å². The van der Waals surface area contributed by atoms with Gasteiger partial charge in [-0.25, -0.2) is 4.98 Å². The number of rotatable bonds is 4. The van der Waals surface area contributed by atoms with Crippen LogP contribution >= 0.6 is 12.2 Å². The van der Waals surface area contributed by atoms with Crippen LogP contribution < -0.4 is 5.32 Å². The maximum atomic E-state index is 4.96. The number of ether oxygens (including phenoxy) is 1. The molecule has 0 amide bonds. The van der Waals surface area contributed by atoms with Gasteiger partial charge >= 0.3 is 0 Å². The highest BCUT2D eigenvalue weighted by Crippen LogP contribution is 2.01. The van der Waals surface area contributed by atoms with Crippen molar-refractivity contribution in [1.29, 1.82) is 0 Å². The van der Waals surface area contributed by atoms with Crippen molar-refractivity contribution in [3.05, 3.63) is 16.5 Å². The van der Waals surface area contributed by atoms with Crippen LogP contribution in [-0.2, 0) is 4.74 Å². The highest BCUT2D eigenvalue weighted by atomic mass is 32.1. The highest BCUT2D eigenvalue weighted by molar-refractivity contribution is 7.71. The number of hydrogen-bond donors (Lipinski definition) is 2. The molecular weight excluding hydrogens is 186 g/mol. The number of H-pyrrole nitrogens is 1. The molecule has 1 aromatic rings. The molecule has 1 rings (SSSR count). The molecule has 0 saturated heterocycles. The Morgan fingerprint density at radius 2 is 2.46 bits per heavy atom. The van der Waals surface area contributed by atoms with Gasteiger partial charge in [0.2, 0.25) is 0 Å². The van der Waals surface area contributed by atoms with Crippen molar-refractivity contribution >= 4 is 18.0 Å². The maximum Gasteiger partial charge on any atom is 0.131 e. The third kappa shape index (κ3) is 3.52. The van der Waals surface area contributed by atoms with E-state index in [2.05, 4.69) is 15.3 Å². The van der Waals surface area contributed by atoms with Gasteiger partial charge in [-0.1, -0.05) is 12.2 Å². The van der Waals surface area contributed by atoms with Gasteiger partial charge in [0.05, 0.1) is 6.61 Å². The van der Waals surface area contributed by atoms with E-state index in [0.29, 0.717) is 11.2 Å². The monoisotopic (exact) mass is 199 g/mol. The van der Waals surface area contributed by atoms with E-state index in [9.17, 15) is 0 Å². The third-order valence-electron chi connectivity index (χ3n) is 1.48. The molecule has 0 aliphatic rings. The van der Waals surface area contributed by atoms with Crippen LogP contribution in [0.1, 0.15) is 5.82 Å². The van der Waals surface area contributed by atoms with Crippen LogP contribution in [0.25, 0.3) is 0 Å². The lowest BCUT2D eigenvalue weighted by atomic mass is 10.5. The van der Waals surface area contributed by atoms with E-state index in [1.165, 1.54) is 0 Å². The van der Waals surface area contributed by atoms with E-state index in [-0.39, 0.29) is 0 Å². The van der Waals surface area contributed by atoms with E-state index in [0.717, 1.165) is 18.2 Å². The summed E-state index contributed by atoms with van der Waals surface area (Å²) in [5, 5.41) is 3.14. The second-order valence-electron chi connectivity index (χ2n) is 2.64. The first-order valence-corrected chi connectivity index (χ1v) is 4.44. The predicted octanol–water partition coefficient (Wildman–Crippen LogP) is 1.51. The molecule has 0 unspecified atom stereocenters. The summed E-state index contributed by atoms with van der Waals surface area (Å²) in [5.74, 6) is 1.70. The molecule has 13 heavy (non-hydrogen) atoms. The fraction of sp³-hybridized carbons (Fsp3) is 0.500. The molecule has 5 heteroatoms. The molecule has 72 valence electrons. The Hall–Kier alpha value is -0.940. The highest BCUT2D eigenvalue weighted by Gasteiger charge is 1.93. The van der Waals surface area contributed by atoms with Gasteiger partial charge in [0, 0.05) is 19.7 Å². The Balaban J connectivity index is 2.61. The minimum Gasteiger partial charge on any atom is -0.383 e. The van der Waals surface area contributed by atoms with E-state index < -0.39 is 0 Å². The zero-order valence-electron chi connectivity index (χ0n) is 7.76. The smallest absolute Gasteiger partial charge is 0.131 e. The summed E-state index contributed by atoms with van der Waals surface area (Å²) in [7, 11) is 1.67. The molecule has 0 spiro atoms. The molecule has 0 aromatic carbocycles. The van der Waals surface area contributed by atoms with Crippen LogP contribution in [0.3, 0.4) is 0 Å². The van der Waals surface area contributed by atoms with Crippen LogP contribution in [0.5, 0.6) is 0 Å². The van der Waals surface area contributed by atoms with Gasteiger partial charge in [-0.05, 0) is 6.92 Å². The van der Waals surface area contributed by atoms with Gasteiger partial charge in [-0.2, -0.15) is 0 Å². The fourth-order valence-corrected chi connectivity index (χ4v) is 1.22. The third-order valence-corrected chi connectivity index (χ3v) is 1.69. The summed E-state index contributed by atoms with van der Waals surface area (Å²) in [6.07, 6.45) is 0. The first-order valence-electron chi connectivity index (χ1n) is 4.03. The molecule has 2 N–H and O–H groups in total. The summed E-state index contributed by atoms with van der Waals surface area (Å²) in [6, 6.07) is 1.79. The number of hydrogen-bond acceptors (Lipinski definition) is 4. The molecule has 4 nitrogen and oxygen atoms in total. The lowest BCUT2D eigenvalue weighted by Gasteiger charge is -2.05. The second kappa shape index (κ2) is 4.94. The summed E-state index contributed by atoms with van der Waals surface area (Å²) >= 11 is 4.96. The zero-order valence-corrected chi connectivity index (χ0v) is 8.57. The van der Waals surface area contributed by atoms with Crippen molar-refractivity contribution in [2.45, 2.75) is 6.92 Å². The number of aromatic amines is 1. The van der Waals surface area contributed by atoms with Crippen LogP contribution in [0.2, 0.25) is 0 Å². The topological polar surface area (TPSA) is 49.9 Å². The molecule has 0 bridgehead atoms. The molecule has 0 aliphatic carbocycles. The molecule has 0 radical (unpaired) electrons. The molecule has 0 aliphatic heterocycles. The van der Waals surface area contributed by atoms with Crippen LogP contribution in [0.4, 0.5) is 5.82 Å². The molecule has 1 aromatic heterocycles. The van der Waals surface area contributed by atoms with Crippen molar-refractivity contribution < 1.29 is 4.74 Å². The van der Waals surface area contributed by atoms with Crippen molar-refractivity contribution in [1.82, 2.24) is 9.97 Å². The Kier molecular flexibility index (Phi) is 3.85. The first kappa shape index (κ1) is 10.1. The molecule has 0 fully saturated rings. The van der Waals surface area contributed by atoms with Gasteiger partial charge in [0.15, 0.2) is 0 Å². The van der Waals surface area contributed by atoms with Gasteiger partial charge in [-0.3, -0.25) is 0 Å². The van der Waals surface area contributed by atoms with Crippen LogP contribution in [-0.4, -0.2) is 30.2 Å². The summed E-state index contributed by atoms with van der Waals surface area (Å²) in [5.41, 5.74) is 0. The lowest BCUT2D eigenvalue weighted by molar-refractivity contribution is 0.210. The number of nitrogens with zero attached hydrogens (tertiary/aromatic N) is 1. The Morgan fingerprint density at radius 3 is 3.08 bits per heavy atom. The van der Waals surface area contributed by atoms with Crippen molar-refractivity contribution in [2.75, 3.05) is 25.6 Å². The predicted molar refractivity (Wildman–Crippen MR) is 54.5 cm³/mol. The number of methoxy groups -OCH3 is 1. The number of aromatic nitrogens is 2. The minimum atomic E-state index is 0.594. The first-order chi connectivity index (χ1) is 6.22. The second-order valence-corrected chi connectivity index (χ2v) is 3.06. The van der Waals surface area contributed by atoms with Crippen LogP contribution in [0, 0.1) is 11.6 Å². The quantitative estimate of drug-likeness (QED) is 0.570. The van der Waals surface area contributed by atoms with Gasteiger partial charge in [0.25, 0.3) is 0 Å². The lowest BCUT2D eigenvalue weighted by Crippen LogP contribution is -2.09. The van der Waals surface area contributed by atoms with Crippen molar-refractivity contribution in [2.24, 2.45) is 0 Å². The normalized spacial score (nSPS) is 10.0. The zero-order chi connectivity index (χ0) is 9.68. The van der Waals surface area contributed by atoms with E-state index in [1.807, 2.05) is 6.92 Å². The van der Waals surface area contributed by atoms with Gasteiger partial charge in [-0.15, -0.1) is 0 Å². The molecule has 1 heterocycles. The Labute approximate surface area is 82.4 Å². The summed E-state index contributed by atoms with van der Waals surface area (Å²) in [4.78, 5) is 7.11. The SMILES string of the molecule is COCCNc1cc(=S)nc(C)[nH]1. The van der Waals surface area contributed by atoms with E-state index >= 15 is 0 Å². The Bertz CT molecular complexity index is 323.